The van der Waals surface area contributed by atoms with Gasteiger partial charge in [0.25, 0.3) is 0 Å². The average molecular weight is 444 g/mol. The van der Waals surface area contributed by atoms with Crippen LogP contribution in [0, 0.1) is 11.8 Å². The highest BCUT2D eigenvalue weighted by Gasteiger charge is 2.36. The topological polar surface area (TPSA) is 57.6 Å². The van der Waals surface area contributed by atoms with E-state index in [4.69, 9.17) is 0 Å². The predicted molar refractivity (Wildman–Crippen MR) is 126 cm³/mol. The number of aromatic carboxylic acids is 1. The molecule has 160 valence electrons. The molecule has 6 heteroatoms. The summed E-state index contributed by atoms with van der Waals surface area (Å²) in [7, 11) is 0. The fraction of sp³-hybridized carbons (Fsp3) is 0.500. The summed E-state index contributed by atoms with van der Waals surface area (Å²) in [4.78, 5) is 29.0. The van der Waals surface area contributed by atoms with Gasteiger partial charge in [0.05, 0.1) is 11.3 Å². The van der Waals surface area contributed by atoms with Gasteiger partial charge in [-0.15, -0.1) is 11.3 Å². The molecule has 0 spiro atoms. The Balaban J connectivity index is 1.78. The van der Waals surface area contributed by atoms with Gasteiger partial charge in [-0.3, -0.25) is 4.79 Å². The maximum atomic E-state index is 13.8. The Bertz CT molecular complexity index is 882. The van der Waals surface area contributed by atoms with Crippen LogP contribution in [0.15, 0.2) is 35.7 Å². The standard InChI is InChI=1S/C24H29NO3S2/c1-16-7-9-17(10-8-16)23(26)25(18-11-14-29-15-12-18)20-5-2-4-19(22(20)24(27)28)21-6-3-13-30-21/h2-6,13,16-18H,7-12,14-15H2,1H3,(H,27,28). The Hall–Kier alpha value is -1.79. The number of carboxylic acid groups (broad SMARTS) is 1. The van der Waals surface area contributed by atoms with Gasteiger partial charge in [-0.2, -0.15) is 11.8 Å². The van der Waals surface area contributed by atoms with E-state index < -0.39 is 5.97 Å². The zero-order chi connectivity index (χ0) is 21.1. The average Bonchev–Trinajstić information content (AvgIpc) is 3.29. The van der Waals surface area contributed by atoms with Gasteiger partial charge >= 0.3 is 5.97 Å². The lowest BCUT2D eigenvalue weighted by Crippen LogP contribution is -2.46. The Morgan fingerprint density at radius 1 is 1.00 bits per heavy atom. The van der Waals surface area contributed by atoms with Gasteiger partial charge in [0.2, 0.25) is 5.91 Å². The summed E-state index contributed by atoms with van der Waals surface area (Å²) in [5, 5.41) is 12.1. The molecule has 1 saturated heterocycles. The number of carbonyl (C=O) groups excluding carboxylic acids is 1. The summed E-state index contributed by atoms with van der Waals surface area (Å²) in [6.07, 6.45) is 5.80. The Morgan fingerprint density at radius 2 is 1.73 bits per heavy atom. The molecule has 4 nitrogen and oxygen atoms in total. The van der Waals surface area contributed by atoms with E-state index in [9.17, 15) is 14.7 Å². The molecular formula is C24H29NO3S2. The number of hydrogen-bond acceptors (Lipinski definition) is 4. The zero-order valence-electron chi connectivity index (χ0n) is 17.4. The van der Waals surface area contributed by atoms with Crippen LogP contribution in [-0.4, -0.2) is 34.5 Å². The summed E-state index contributed by atoms with van der Waals surface area (Å²) in [6, 6.07) is 9.56. The molecule has 0 bridgehead atoms. The number of rotatable bonds is 5. The lowest BCUT2D eigenvalue weighted by Gasteiger charge is -2.38. The minimum Gasteiger partial charge on any atom is -0.478 e. The quantitative estimate of drug-likeness (QED) is 0.600. The number of carboxylic acids is 1. The molecule has 4 rings (SSSR count). The second-order valence-electron chi connectivity index (χ2n) is 8.49. The molecule has 2 aromatic rings. The van der Waals surface area contributed by atoms with Gasteiger partial charge in [-0.1, -0.05) is 25.1 Å². The first-order valence-corrected chi connectivity index (χ1v) is 12.9. The van der Waals surface area contributed by atoms with Crippen LogP contribution in [0.3, 0.4) is 0 Å². The molecule has 0 radical (unpaired) electrons. The number of thiophene rings is 1. The van der Waals surface area contributed by atoms with Crippen molar-refractivity contribution in [1.29, 1.82) is 0 Å². The number of thioether (sulfide) groups is 1. The second-order valence-corrected chi connectivity index (χ2v) is 10.7. The molecular weight excluding hydrogens is 414 g/mol. The third-order valence-electron chi connectivity index (χ3n) is 6.46. The minimum atomic E-state index is -0.964. The van der Waals surface area contributed by atoms with E-state index >= 15 is 0 Å². The molecule has 0 unspecified atom stereocenters. The van der Waals surface area contributed by atoms with Gasteiger partial charge in [-0.25, -0.2) is 4.79 Å². The van der Waals surface area contributed by atoms with Crippen LogP contribution >= 0.6 is 23.1 Å². The first-order chi connectivity index (χ1) is 14.6. The van der Waals surface area contributed by atoms with Crippen LogP contribution in [0.4, 0.5) is 5.69 Å². The van der Waals surface area contributed by atoms with Crippen molar-refractivity contribution in [1.82, 2.24) is 0 Å². The van der Waals surface area contributed by atoms with E-state index in [0.29, 0.717) is 17.2 Å². The fourth-order valence-electron chi connectivity index (χ4n) is 4.75. The Kier molecular flexibility index (Phi) is 6.84. The Labute approximate surface area is 186 Å². The minimum absolute atomic E-state index is 0.00261. The molecule has 30 heavy (non-hydrogen) atoms. The SMILES string of the molecule is CC1CCC(C(=O)N(c2cccc(-c3cccs3)c2C(=O)O)C2CCSCC2)CC1. The maximum Gasteiger partial charge on any atom is 0.338 e. The molecule has 1 saturated carbocycles. The highest BCUT2D eigenvalue weighted by molar-refractivity contribution is 7.99. The van der Waals surface area contributed by atoms with Gasteiger partial charge in [0.15, 0.2) is 0 Å². The summed E-state index contributed by atoms with van der Waals surface area (Å²) < 4.78 is 0. The van der Waals surface area contributed by atoms with Gasteiger partial charge < -0.3 is 10.0 Å². The predicted octanol–water partition coefficient (Wildman–Crippen LogP) is 6.17. The van der Waals surface area contributed by atoms with Crippen molar-refractivity contribution in [3.8, 4) is 10.4 Å². The molecule has 1 aliphatic heterocycles. The normalized spacial score (nSPS) is 22.6. The number of hydrogen-bond donors (Lipinski definition) is 1. The summed E-state index contributed by atoms with van der Waals surface area (Å²) >= 11 is 3.45. The summed E-state index contributed by atoms with van der Waals surface area (Å²) in [6.45, 7) is 2.25. The van der Waals surface area contributed by atoms with Crippen molar-refractivity contribution in [2.24, 2.45) is 11.8 Å². The van der Waals surface area contributed by atoms with Crippen LogP contribution in [0.2, 0.25) is 0 Å². The highest BCUT2D eigenvalue weighted by Crippen LogP contribution is 2.39. The van der Waals surface area contributed by atoms with E-state index in [1.54, 1.807) is 0 Å². The monoisotopic (exact) mass is 443 g/mol. The summed E-state index contributed by atoms with van der Waals surface area (Å²) in [5.74, 6) is 1.87. The number of amides is 1. The molecule has 1 amide bonds. The van der Waals surface area contributed by atoms with Crippen molar-refractivity contribution < 1.29 is 14.7 Å². The summed E-state index contributed by atoms with van der Waals surface area (Å²) in [5.41, 5.74) is 1.54. The zero-order valence-corrected chi connectivity index (χ0v) is 19.0. The van der Waals surface area contributed by atoms with Crippen LogP contribution in [0.5, 0.6) is 0 Å². The molecule has 2 heterocycles. The van der Waals surface area contributed by atoms with Gasteiger partial charge in [0.1, 0.15) is 0 Å². The Morgan fingerprint density at radius 3 is 2.37 bits per heavy atom. The first kappa shape index (κ1) is 21.4. The van der Waals surface area contributed by atoms with E-state index in [1.807, 2.05) is 52.4 Å². The van der Waals surface area contributed by atoms with E-state index in [-0.39, 0.29) is 23.4 Å². The molecule has 1 aromatic carbocycles. The molecule has 2 fully saturated rings. The molecule has 2 aliphatic rings. The lowest BCUT2D eigenvalue weighted by atomic mass is 9.82. The van der Waals surface area contributed by atoms with Crippen LogP contribution in [0.25, 0.3) is 10.4 Å². The van der Waals surface area contributed by atoms with Gasteiger partial charge in [-0.05, 0) is 73.5 Å². The molecule has 1 N–H and O–H groups in total. The third-order valence-corrected chi connectivity index (χ3v) is 8.41. The van der Waals surface area contributed by atoms with Crippen LogP contribution in [-0.2, 0) is 4.79 Å². The number of anilines is 1. The molecule has 0 atom stereocenters. The number of nitrogens with zero attached hydrogens (tertiary/aromatic N) is 1. The van der Waals surface area contributed by atoms with Crippen molar-refractivity contribution in [2.45, 2.75) is 51.5 Å². The van der Waals surface area contributed by atoms with Crippen LogP contribution in [0.1, 0.15) is 55.8 Å². The maximum absolute atomic E-state index is 13.8. The van der Waals surface area contributed by atoms with Crippen molar-refractivity contribution in [3.05, 3.63) is 41.3 Å². The highest BCUT2D eigenvalue weighted by atomic mass is 32.2. The third kappa shape index (κ3) is 4.45. The van der Waals surface area contributed by atoms with Crippen molar-refractivity contribution in [3.63, 3.8) is 0 Å². The van der Waals surface area contributed by atoms with Crippen molar-refractivity contribution in [2.75, 3.05) is 16.4 Å². The number of benzene rings is 1. The lowest BCUT2D eigenvalue weighted by molar-refractivity contribution is -0.124. The number of carbonyl (C=O) groups is 2. The van der Waals surface area contributed by atoms with E-state index in [0.717, 1.165) is 54.9 Å². The molecule has 1 aliphatic carbocycles. The van der Waals surface area contributed by atoms with Crippen LogP contribution < -0.4 is 4.90 Å². The fourth-order valence-corrected chi connectivity index (χ4v) is 6.58. The molecule has 1 aromatic heterocycles. The first-order valence-electron chi connectivity index (χ1n) is 10.9. The van der Waals surface area contributed by atoms with E-state index in [2.05, 4.69) is 6.92 Å². The van der Waals surface area contributed by atoms with Crippen molar-refractivity contribution >= 4 is 40.7 Å². The second kappa shape index (κ2) is 9.56. The van der Waals surface area contributed by atoms with Gasteiger partial charge in [0, 0.05) is 22.4 Å². The largest absolute Gasteiger partial charge is 0.478 e. The smallest absolute Gasteiger partial charge is 0.338 e. The van der Waals surface area contributed by atoms with E-state index in [1.165, 1.54) is 11.3 Å².